The van der Waals surface area contributed by atoms with E-state index in [4.69, 9.17) is 11.6 Å². The summed E-state index contributed by atoms with van der Waals surface area (Å²) in [6.07, 6.45) is 0.854. The van der Waals surface area contributed by atoms with Gasteiger partial charge in [-0.1, -0.05) is 60.1 Å². The highest BCUT2D eigenvalue weighted by Gasteiger charge is 2.19. The summed E-state index contributed by atoms with van der Waals surface area (Å²) >= 11 is 6.25. The topological polar surface area (TPSA) is 35.6 Å². The highest BCUT2D eigenvalue weighted by atomic mass is 35.5. The molecule has 2 amide bonds. The SMILES string of the molecule is CCN(Cc1ccccc1Cl)C(=O)NC(CCN(C)C)c1ccccc1. The lowest BCUT2D eigenvalue weighted by Crippen LogP contribution is -2.41. The number of benzene rings is 2. The monoisotopic (exact) mass is 373 g/mol. The first-order valence-electron chi connectivity index (χ1n) is 8.99. The third-order valence-electron chi connectivity index (χ3n) is 4.35. The Morgan fingerprint density at radius 1 is 1.08 bits per heavy atom. The highest BCUT2D eigenvalue weighted by molar-refractivity contribution is 6.31. The molecular formula is C21H28ClN3O. The predicted molar refractivity (Wildman–Crippen MR) is 108 cm³/mol. The van der Waals surface area contributed by atoms with Crippen LogP contribution in [0.25, 0.3) is 0 Å². The van der Waals surface area contributed by atoms with E-state index in [-0.39, 0.29) is 12.1 Å². The van der Waals surface area contributed by atoms with E-state index >= 15 is 0 Å². The van der Waals surface area contributed by atoms with E-state index < -0.39 is 0 Å². The molecule has 0 heterocycles. The summed E-state index contributed by atoms with van der Waals surface area (Å²) in [7, 11) is 4.08. The van der Waals surface area contributed by atoms with E-state index in [9.17, 15) is 4.79 Å². The van der Waals surface area contributed by atoms with Crippen molar-refractivity contribution in [2.45, 2.75) is 25.9 Å². The van der Waals surface area contributed by atoms with E-state index in [0.717, 1.165) is 24.1 Å². The van der Waals surface area contributed by atoms with Gasteiger partial charge in [-0.3, -0.25) is 0 Å². The largest absolute Gasteiger partial charge is 0.331 e. The van der Waals surface area contributed by atoms with Gasteiger partial charge in [-0.2, -0.15) is 0 Å². The van der Waals surface area contributed by atoms with Gasteiger partial charge in [0, 0.05) is 18.1 Å². The lowest BCUT2D eigenvalue weighted by atomic mass is 10.0. The number of hydrogen-bond acceptors (Lipinski definition) is 2. The van der Waals surface area contributed by atoms with Gasteiger partial charge in [0.15, 0.2) is 0 Å². The Kier molecular flexibility index (Phi) is 7.95. The quantitative estimate of drug-likeness (QED) is 0.736. The molecule has 1 N–H and O–H groups in total. The van der Waals surface area contributed by atoms with Gasteiger partial charge in [-0.05, 0) is 51.2 Å². The molecule has 0 aliphatic rings. The molecule has 140 valence electrons. The maximum Gasteiger partial charge on any atom is 0.318 e. The van der Waals surface area contributed by atoms with Crippen molar-refractivity contribution >= 4 is 17.6 Å². The Labute approximate surface area is 161 Å². The van der Waals surface area contributed by atoms with E-state index in [1.54, 1.807) is 4.90 Å². The van der Waals surface area contributed by atoms with Crippen LogP contribution in [0.5, 0.6) is 0 Å². The van der Waals surface area contributed by atoms with Crippen molar-refractivity contribution in [1.82, 2.24) is 15.1 Å². The zero-order valence-electron chi connectivity index (χ0n) is 15.8. The number of urea groups is 1. The summed E-state index contributed by atoms with van der Waals surface area (Å²) in [6.45, 7) is 3.99. The van der Waals surface area contributed by atoms with Crippen LogP contribution >= 0.6 is 11.6 Å². The van der Waals surface area contributed by atoms with Gasteiger partial charge in [-0.25, -0.2) is 4.79 Å². The van der Waals surface area contributed by atoms with Gasteiger partial charge >= 0.3 is 6.03 Å². The van der Waals surface area contributed by atoms with Crippen LogP contribution < -0.4 is 5.32 Å². The summed E-state index contributed by atoms with van der Waals surface area (Å²) in [5.74, 6) is 0. The fourth-order valence-electron chi connectivity index (χ4n) is 2.79. The van der Waals surface area contributed by atoms with Crippen molar-refractivity contribution in [2.24, 2.45) is 0 Å². The second-order valence-corrected chi connectivity index (χ2v) is 7.02. The standard InChI is InChI=1S/C21H28ClN3O/c1-4-25(16-18-12-8-9-13-19(18)22)21(26)23-20(14-15-24(2)3)17-10-6-5-7-11-17/h5-13,20H,4,14-16H2,1-3H3,(H,23,26). The number of carbonyl (C=O) groups is 1. The first-order chi connectivity index (χ1) is 12.5. The Morgan fingerprint density at radius 3 is 2.35 bits per heavy atom. The molecule has 0 aliphatic heterocycles. The van der Waals surface area contributed by atoms with Crippen molar-refractivity contribution < 1.29 is 4.79 Å². The van der Waals surface area contributed by atoms with Crippen LogP contribution in [0.3, 0.4) is 0 Å². The molecule has 0 saturated carbocycles. The molecule has 1 unspecified atom stereocenters. The van der Waals surface area contributed by atoms with Crippen LogP contribution in [0.15, 0.2) is 54.6 Å². The van der Waals surface area contributed by atoms with Crippen LogP contribution in [0.4, 0.5) is 4.79 Å². The van der Waals surface area contributed by atoms with E-state index in [0.29, 0.717) is 18.1 Å². The smallest absolute Gasteiger partial charge is 0.318 e. The van der Waals surface area contributed by atoms with Crippen LogP contribution in [0.2, 0.25) is 5.02 Å². The maximum absolute atomic E-state index is 12.9. The minimum Gasteiger partial charge on any atom is -0.331 e. The maximum atomic E-state index is 12.9. The molecule has 0 aromatic heterocycles. The molecule has 0 bridgehead atoms. The summed E-state index contributed by atoms with van der Waals surface area (Å²) in [6, 6.07) is 17.7. The Morgan fingerprint density at radius 2 is 1.73 bits per heavy atom. The van der Waals surface area contributed by atoms with Crippen molar-refractivity contribution in [1.29, 1.82) is 0 Å². The number of hydrogen-bond donors (Lipinski definition) is 1. The molecule has 0 fully saturated rings. The zero-order valence-corrected chi connectivity index (χ0v) is 16.5. The first-order valence-corrected chi connectivity index (χ1v) is 9.37. The molecule has 1 atom stereocenters. The average Bonchev–Trinajstić information content (AvgIpc) is 2.64. The van der Waals surface area contributed by atoms with Crippen molar-refractivity contribution in [2.75, 3.05) is 27.2 Å². The summed E-state index contributed by atoms with van der Waals surface area (Å²) in [4.78, 5) is 16.8. The molecule has 0 spiro atoms. The van der Waals surface area contributed by atoms with Crippen LogP contribution in [0, 0.1) is 0 Å². The Balaban J connectivity index is 2.09. The average molecular weight is 374 g/mol. The lowest BCUT2D eigenvalue weighted by Gasteiger charge is -2.27. The zero-order chi connectivity index (χ0) is 18.9. The second kappa shape index (κ2) is 10.2. The van der Waals surface area contributed by atoms with Crippen molar-refractivity contribution in [3.63, 3.8) is 0 Å². The minimum absolute atomic E-state index is 0.0219. The first kappa shape index (κ1) is 20.3. The van der Waals surface area contributed by atoms with Crippen LogP contribution in [0.1, 0.15) is 30.5 Å². The number of halogens is 1. The highest BCUT2D eigenvalue weighted by Crippen LogP contribution is 2.20. The molecule has 4 nitrogen and oxygen atoms in total. The summed E-state index contributed by atoms with van der Waals surface area (Å²) in [5, 5.41) is 3.88. The van der Waals surface area contributed by atoms with E-state index in [2.05, 4.69) is 22.3 Å². The number of rotatable bonds is 8. The molecule has 0 radical (unpaired) electrons. The predicted octanol–water partition coefficient (Wildman–Crippen LogP) is 4.56. The molecule has 2 rings (SSSR count). The summed E-state index contributed by atoms with van der Waals surface area (Å²) in [5.41, 5.74) is 2.08. The second-order valence-electron chi connectivity index (χ2n) is 6.61. The van der Waals surface area contributed by atoms with Gasteiger partial charge in [0.25, 0.3) is 0 Å². The van der Waals surface area contributed by atoms with Gasteiger partial charge < -0.3 is 15.1 Å². The number of nitrogens with one attached hydrogen (secondary N) is 1. The molecule has 5 heteroatoms. The third-order valence-corrected chi connectivity index (χ3v) is 4.72. The molecule has 2 aromatic rings. The number of amides is 2. The molecular weight excluding hydrogens is 346 g/mol. The molecule has 26 heavy (non-hydrogen) atoms. The molecule has 0 saturated heterocycles. The van der Waals surface area contributed by atoms with E-state index in [1.807, 2.05) is 63.5 Å². The van der Waals surface area contributed by atoms with Gasteiger partial charge in [0.2, 0.25) is 0 Å². The van der Waals surface area contributed by atoms with Gasteiger partial charge in [0.05, 0.1) is 6.04 Å². The number of carbonyl (C=O) groups excluding carboxylic acids is 1. The Hall–Kier alpha value is -2.04. The van der Waals surface area contributed by atoms with Gasteiger partial charge in [-0.15, -0.1) is 0 Å². The molecule has 2 aromatic carbocycles. The summed E-state index contributed by atoms with van der Waals surface area (Å²) < 4.78 is 0. The minimum atomic E-state index is -0.0694. The fraction of sp³-hybridized carbons (Fsp3) is 0.381. The lowest BCUT2D eigenvalue weighted by molar-refractivity contribution is 0.192. The third kappa shape index (κ3) is 6.04. The van der Waals surface area contributed by atoms with Crippen LogP contribution in [-0.2, 0) is 6.54 Å². The fourth-order valence-corrected chi connectivity index (χ4v) is 2.99. The van der Waals surface area contributed by atoms with E-state index in [1.165, 1.54) is 0 Å². The van der Waals surface area contributed by atoms with Crippen molar-refractivity contribution in [3.05, 3.63) is 70.7 Å². The number of nitrogens with zero attached hydrogens (tertiary/aromatic N) is 2. The van der Waals surface area contributed by atoms with Crippen LogP contribution in [-0.4, -0.2) is 43.0 Å². The molecule has 0 aliphatic carbocycles. The Bertz CT molecular complexity index is 691. The van der Waals surface area contributed by atoms with Gasteiger partial charge in [0.1, 0.15) is 0 Å². The normalized spacial score (nSPS) is 12.0. The van der Waals surface area contributed by atoms with Crippen molar-refractivity contribution in [3.8, 4) is 0 Å².